The molecule has 8 heteroatoms. The molecule has 4 aromatic heterocycles. The number of piperazine rings is 1. The van der Waals surface area contributed by atoms with Crippen molar-refractivity contribution in [3.8, 4) is 11.3 Å². The quantitative estimate of drug-likeness (QED) is 0.484. The summed E-state index contributed by atoms with van der Waals surface area (Å²) in [4.78, 5) is 27.1. The minimum atomic E-state index is -0.0978. The van der Waals surface area contributed by atoms with Crippen molar-refractivity contribution in [3.63, 3.8) is 0 Å². The van der Waals surface area contributed by atoms with Crippen molar-refractivity contribution in [2.24, 2.45) is 0 Å². The van der Waals surface area contributed by atoms with Crippen LogP contribution in [0.4, 0.5) is 5.69 Å². The zero-order valence-corrected chi connectivity index (χ0v) is 18.1. The second kappa shape index (κ2) is 7.07. The Labute approximate surface area is 184 Å². The standard InChI is InChI=1S/C23H23ClN6O/c1-15-11-29-12-16(9-19(24)23(29)25-15)20-10-22(31)30-14-18(4-5-21(30)26-20)28-8-7-27-6-2-3-17(27)13-28/h4-5,9-12,14,17H,2-3,6-8,13H2,1H3/t17-/m1/s1. The number of fused-ring (bicyclic) bond motifs is 3. The molecule has 0 saturated carbocycles. The molecular formula is C23H23ClN6O. The van der Waals surface area contributed by atoms with Crippen LogP contribution in [0, 0.1) is 6.92 Å². The van der Waals surface area contributed by atoms with Crippen LogP contribution in [0.3, 0.4) is 0 Å². The molecule has 0 spiro atoms. The van der Waals surface area contributed by atoms with E-state index in [9.17, 15) is 4.79 Å². The fourth-order valence-corrected chi connectivity index (χ4v) is 5.23. The molecule has 0 aromatic carbocycles. The molecule has 2 aliphatic heterocycles. The molecule has 158 valence electrons. The van der Waals surface area contributed by atoms with E-state index in [2.05, 4.69) is 20.9 Å². The molecule has 0 unspecified atom stereocenters. The second-order valence-electron chi connectivity index (χ2n) is 8.56. The lowest BCUT2D eigenvalue weighted by atomic mass is 10.1. The number of imidazole rings is 1. The van der Waals surface area contributed by atoms with Crippen molar-refractivity contribution in [2.75, 3.05) is 31.1 Å². The summed E-state index contributed by atoms with van der Waals surface area (Å²) in [6.45, 7) is 6.25. The molecule has 6 rings (SSSR count). The molecule has 2 saturated heterocycles. The first kappa shape index (κ1) is 18.8. The molecule has 1 atom stereocenters. The van der Waals surface area contributed by atoms with Crippen LogP contribution in [-0.4, -0.2) is 55.9 Å². The minimum absolute atomic E-state index is 0.0978. The molecule has 2 aliphatic rings. The molecule has 0 amide bonds. The van der Waals surface area contributed by atoms with E-state index in [4.69, 9.17) is 16.6 Å². The highest BCUT2D eigenvalue weighted by atomic mass is 35.5. The molecule has 0 bridgehead atoms. The average molecular weight is 435 g/mol. The van der Waals surface area contributed by atoms with Crippen LogP contribution in [0.25, 0.3) is 22.6 Å². The molecule has 2 fully saturated rings. The van der Waals surface area contributed by atoms with Gasteiger partial charge in [0.1, 0.15) is 5.65 Å². The molecule has 7 nitrogen and oxygen atoms in total. The first-order valence-corrected chi connectivity index (χ1v) is 11.1. The first-order chi connectivity index (χ1) is 15.0. The molecule has 6 heterocycles. The predicted molar refractivity (Wildman–Crippen MR) is 122 cm³/mol. The van der Waals surface area contributed by atoms with Crippen LogP contribution in [-0.2, 0) is 0 Å². The number of nitrogens with zero attached hydrogens (tertiary/aromatic N) is 6. The number of halogens is 1. The maximum absolute atomic E-state index is 13.0. The van der Waals surface area contributed by atoms with Crippen LogP contribution in [0.2, 0.25) is 5.02 Å². The first-order valence-electron chi connectivity index (χ1n) is 10.7. The molecule has 4 aromatic rings. The van der Waals surface area contributed by atoms with Crippen molar-refractivity contribution in [3.05, 3.63) is 63.9 Å². The number of aryl methyl sites for hydroxylation is 1. The van der Waals surface area contributed by atoms with E-state index in [-0.39, 0.29) is 5.56 Å². The van der Waals surface area contributed by atoms with Gasteiger partial charge in [0.25, 0.3) is 5.56 Å². The molecule has 31 heavy (non-hydrogen) atoms. The van der Waals surface area contributed by atoms with E-state index in [0.29, 0.717) is 28.1 Å². The van der Waals surface area contributed by atoms with Gasteiger partial charge in [0.15, 0.2) is 5.65 Å². The van der Waals surface area contributed by atoms with Gasteiger partial charge in [0, 0.05) is 55.9 Å². The maximum atomic E-state index is 13.0. The summed E-state index contributed by atoms with van der Waals surface area (Å²) in [5.41, 5.74) is 4.59. The van der Waals surface area contributed by atoms with Gasteiger partial charge in [-0.25, -0.2) is 9.97 Å². The number of pyridine rings is 2. The topological polar surface area (TPSA) is 58.2 Å². The van der Waals surface area contributed by atoms with E-state index in [0.717, 1.165) is 36.6 Å². The van der Waals surface area contributed by atoms with Gasteiger partial charge in [-0.05, 0) is 44.5 Å². The Kier molecular flexibility index (Phi) is 4.30. The molecular weight excluding hydrogens is 412 g/mol. The largest absolute Gasteiger partial charge is 0.367 e. The van der Waals surface area contributed by atoms with Gasteiger partial charge in [-0.2, -0.15) is 0 Å². The average Bonchev–Trinajstić information content (AvgIpc) is 3.38. The van der Waals surface area contributed by atoms with Crippen LogP contribution < -0.4 is 10.5 Å². The lowest BCUT2D eigenvalue weighted by molar-refractivity contribution is 0.231. The third-order valence-corrected chi connectivity index (χ3v) is 6.80. The van der Waals surface area contributed by atoms with E-state index >= 15 is 0 Å². The zero-order valence-electron chi connectivity index (χ0n) is 17.3. The fraction of sp³-hybridized carbons (Fsp3) is 0.348. The van der Waals surface area contributed by atoms with Crippen molar-refractivity contribution in [2.45, 2.75) is 25.8 Å². The van der Waals surface area contributed by atoms with Gasteiger partial charge in [0.2, 0.25) is 0 Å². The van der Waals surface area contributed by atoms with Gasteiger partial charge in [-0.15, -0.1) is 0 Å². The summed E-state index contributed by atoms with van der Waals surface area (Å²) in [7, 11) is 0. The summed E-state index contributed by atoms with van der Waals surface area (Å²) in [6.07, 6.45) is 8.30. The number of rotatable bonds is 2. The lowest BCUT2D eigenvalue weighted by Crippen LogP contribution is -2.50. The van der Waals surface area contributed by atoms with Crippen molar-refractivity contribution in [1.82, 2.24) is 23.7 Å². The van der Waals surface area contributed by atoms with Gasteiger partial charge >= 0.3 is 0 Å². The lowest BCUT2D eigenvalue weighted by Gasteiger charge is -2.38. The Morgan fingerprint density at radius 1 is 1.06 bits per heavy atom. The van der Waals surface area contributed by atoms with Crippen molar-refractivity contribution < 1.29 is 0 Å². The van der Waals surface area contributed by atoms with E-state index in [1.807, 2.05) is 42.0 Å². The summed E-state index contributed by atoms with van der Waals surface area (Å²) in [5.74, 6) is 0. The van der Waals surface area contributed by atoms with Crippen molar-refractivity contribution >= 4 is 28.6 Å². The Bertz CT molecular complexity index is 1380. The Morgan fingerprint density at radius 3 is 2.87 bits per heavy atom. The van der Waals surface area contributed by atoms with Gasteiger partial charge in [-0.1, -0.05) is 11.6 Å². The molecule has 0 aliphatic carbocycles. The van der Waals surface area contributed by atoms with Crippen LogP contribution in [0.1, 0.15) is 18.5 Å². The van der Waals surface area contributed by atoms with Gasteiger partial charge in [-0.3, -0.25) is 14.1 Å². The summed E-state index contributed by atoms with van der Waals surface area (Å²) in [6, 6.07) is 8.03. The van der Waals surface area contributed by atoms with E-state index in [1.54, 1.807) is 10.5 Å². The minimum Gasteiger partial charge on any atom is -0.367 e. The second-order valence-corrected chi connectivity index (χ2v) is 8.97. The normalized spacial score (nSPS) is 19.4. The zero-order chi connectivity index (χ0) is 21.1. The van der Waals surface area contributed by atoms with Gasteiger partial charge < -0.3 is 9.30 Å². The van der Waals surface area contributed by atoms with E-state index in [1.165, 1.54) is 19.4 Å². The number of hydrogen-bond donors (Lipinski definition) is 0. The Balaban J connectivity index is 1.38. The van der Waals surface area contributed by atoms with Crippen molar-refractivity contribution in [1.29, 1.82) is 0 Å². The highest BCUT2D eigenvalue weighted by Gasteiger charge is 2.30. The monoisotopic (exact) mass is 434 g/mol. The Hall–Kier alpha value is -2.90. The highest BCUT2D eigenvalue weighted by molar-refractivity contribution is 6.33. The SMILES string of the molecule is Cc1cn2cc(-c3cc(=O)n4cc(N5CCN6CCC[C@@H]6C5)ccc4n3)cc(Cl)c2n1. The maximum Gasteiger partial charge on any atom is 0.258 e. The number of hydrogen-bond acceptors (Lipinski definition) is 5. The summed E-state index contributed by atoms with van der Waals surface area (Å²) in [5, 5.41) is 0.536. The Morgan fingerprint density at radius 2 is 1.97 bits per heavy atom. The van der Waals surface area contributed by atoms with Gasteiger partial charge in [0.05, 0.1) is 22.1 Å². The fourth-order valence-electron chi connectivity index (χ4n) is 4.97. The number of anilines is 1. The molecule has 0 radical (unpaired) electrons. The highest BCUT2D eigenvalue weighted by Crippen LogP contribution is 2.27. The smallest absolute Gasteiger partial charge is 0.258 e. The number of aromatic nitrogens is 4. The summed E-state index contributed by atoms with van der Waals surface area (Å²) >= 11 is 6.43. The van der Waals surface area contributed by atoms with Crippen LogP contribution in [0.5, 0.6) is 0 Å². The third kappa shape index (κ3) is 3.20. The molecule has 0 N–H and O–H groups in total. The summed E-state index contributed by atoms with van der Waals surface area (Å²) < 4.78 is 3.52. The van der Waals surface area contributed by atoms with E-state index < -0.39 is 0 Å². The van der Waals surface area contributed by atoms with Crippen LogP contribution in [0.15, 0.2) is 47.7 Å². The predicted octanol–water partition coefficient (Wildman–Crippen LogP) is 3.26. The van der Waals surface area contributed by atoms with Crippen LogP contribution >= 0.6 is 11.6 Å². The third-order valence-electron chi connectivity index (χ3n) is 6.52.